The number of aliphatic carboxylic acids is 1. The van der Waals surface area contributed by atoms with Crippen LogP contribution in [0.5, 0.6) is 0 Å². The van der Waals surface area contributed by atoms with E-state index in [0.29, 0.717) is 12.3 Å². The summed E-state index contributed by atoms with van der Waals surface area (Å²) in [6.45, 7) is 2.26. The largest absolute Gasteiger partial charge is 0.481 e. The molecule has 1 unspecified atom stereocenters. The number of hydrogen-bond donors (Lipinski definition) is 1. The third kappa shape index (κ3) is 7.91. The van der Waals surface area contributed by atoms with Crippen LogP contribution in [0, 0.1) is 11.8 Å². The highest BCUT2D eigenvalue weighted by Gasteiger charge is 2.24. The Morgan fingerprint density at radius 1 is 1.00 bits per heavy atom. The van der Waals surface area contributed by atoms with Gasteiger partial charge in [-0.2, -0.15) is 0 Å². The zero-order valence-electron chi connectivity index (χ0n) is 13.4. The van der Waals surface area contributed by atoms with Gasteiger partial charge in [0, 0.05) is 6.42 Å². The van der Waals surface area contributed by atoms with Gasteiger partial charge in [0.1, 0.15) is 0 Å². The van der Waals surface area contributed by atoms with Gasteiger partial charge in [0.25, 0.3) is 0 Å². The van der Waals surface area contributed by atoms with E-state index in [-0.39, 0.29) is 0 Å². The van der Waals surface area contributed by atoms with Gasteiger partial charge in [0.05, 0.1) is 0 Å². The fraction of sp³-hybridized carbons (Fsp3) is 0.944. The molecule has 1 aliphatic rings. The van der Waals surface area contributed by atoms with Gasteiger partial charge >= 0.3 is 5.97 Å². The molecular weight excluding hydrogens is 248 g/mol. The standard InChI is InChI=1S/C18H34O2/c1-2-3-4-5-6-7-8-11-17(14-15-18(19)20)16-12-9-10-13-16/h16-17H,2-15H2,1H3,(H,19,20). The van der Waals surface area contributed by atoms with Gasteiger partial charge in [-0.1, -0.05) is 84.0 Å². The first kappa shape index (κ1) is 17.5. The molecule has 1 saturated carbocycles. The molecule has 0 aromatic heterocycles. The predicted molar refractivity (Wildman–Crippen MR) is 84.9 cm³/mol. The van der Waals surface area contributed by atoms with Crippen molar-refractivity contribution in [1.82, 2.24) is 0 Å². The van der Waals surface area contributed by atoms with Crippen molar-refractivity contribution in [3.05, 3.63) is 0 Å². The first-order valence-electron chi connectivity index (χ1n) is 8.95. The van der Waals surface area contributed by atoms with Gasteiger partial charge in [0.2, 0.25) is 0 Å². The Balaban J connectivity index is 2.13. The molecule has 2 heteroatoms. The van der Waals surface area contributed by atoms with E-state index in [2.05, 4.69) is 6.92 Å². The molecule has 0 saturated heterocycles. The SMILES string of the molecule is CCCCCCCCCC(CCC(=O)O)C1CCCC1. The molecule has 118 valence electrons. The van der Waals surface area contributed by atoms with Gasteiger partial charge < -0.3 is 5.11 Å². The fourth-order valence-corrected chi connectivity index (χ4v) is 3.72. The molecule has 0 bridgehead atoms. The summed E-state index contributed by atoms with van der Waals surface area (Å²) in [6.07, 6.45) is 17.5. The molecule has 1 rings (SSSR count). The smallest absolute Gasteiger partial charge is 0.303 e. The molecule has 1 fully saturated rings. The Labute approximate surface area is 125 Å². The van der Waals surface area contributed by atoms with E-state index in [1.807, 2.05) is 0 Å². The Kier molecular flexibility index (Phi) is 9.78. The van der Waals surface area contributed by atoms with Crippen molar-refractivity contribution < 1.29 is 9.90 Å². The van der Waals surface area contributed by atoms with Crippen molar-refractivity contribution in [2.24, 2.45) is 11.8 Å². The van der Waals surface area contributed by atoms with Crippen LogP contribution in [0.1, 0.15) is 96.8 Å². The van der Waals surface area contributed by atoms with E-state index in [0.717, 1.165) is 12.3 Å². The summed E-state index contributed by atoms with van der Waals surface area (Å²) in [5.74, 6) is 0.895. The zero-order chi connectivity index (χ0) is 14.6. The molecule has 0 aromatic rings. The average molecular weight is 282 g/mol. The summed E-state index contributed by atoms with van der Waals surface area (Å²) in [5, 5.41) is 8.90. The highest BCUT2D eigenvalue weighted by Crippen LogP contribution is 2.36. The molecular formula is C18H34O2. The lowest BCUT2D eigenvalue weighted by atomic mass is 9.83. The average Bonchev–Trinajstić information content (AvgIpc) is 2.94. The minimum atomic E-state index is -0.618. The van der Waals surface area contributed by atoms with E-state index < -0.39 is 5.97 Å². The van der Waals surface area contributed by atoms with Gasteiger partial charge in [-0.05, 0) is 18.3 Å². The minimum Gasteiger partial charge on any atom is -0.481 e. The Morgan fingerprint density at radius 3 is 2.20 bits per heavy atom. The van der Waals surface area contributed by atoms with Crippen LogP contribution in [0.15, 0.2) is 0 Å². The van der Waals surface area contributed by atoms with Crippen molar-refractivity contribution in [3.63, 3.8) is 0 Å². The summed E-state index contributed by atoms with van der Waals surface area (Å²) in [6, 6.07) is 0. The van der Waals surface area contributed by atoms with Crippen molar-refractivity contribution in [1.29, 1.82) is 0 Å². The highest BCUT2D eigenvalue weighted by atomic mass is 16.4. The van der Waals surface area contributed by atoms with Crippen molar-refractivity contribution in [2.75, 3.05) is 0 Å². The maximum Gasteiger partial charge on any atom is 0.303 e. The molecule has 2 nitrogen and oxygen atoms in total. The van der Waals surface area contributed by atoms with E-state index in [1.54, 1.807) is 0 Å². The van der Waals surface area contributed by atoms with Crippen LogP contribution < -0.4 is 0 Å². The van der Waals surface area contributed by atoms with Gasteiger partial charge in [0.15, 0.2) is 0 Å². The zero-order valence-corrected chi connectivity index (χ0v) is 13.4. The number of rotatable bonds is 12. The lowest BCUT2D eigenvalue weighted by molar-refractivity contribution is -0.137. The summed E-state index contributed by atoms with van der Waals surface area (Å²) in [5.41, 5.74) is 0. The first-order chi connectivity index (χ1) is 9.74. The van der Waals surface area contributed by atoms with Crippen molar-refractivity contribution >= 4 is 5.97 Å². The Morgan fingerprint density at radius 2 is 1.60 bits per heavy atom. The lowest BCUT2D eigenvalue weighted by Crippen LogP contribution is -2.13. The molecule has 0 aromatic carbocycles. The number of hydrogen-bond acceptors (Lipinski definition) is 1. The third-order valence-electron chi connectivity index (χ3n) is 4.97. The molecule has 0 aliphatic heterocycles. The van der Waals surface area contributed by atoms with Gasteiger partial charge in [-0.25, -0.2) is 0 Å². The lowest BCUT2D eigenvalue weighted by Gasteiger charge is -2.22. The van der Waals surface area contributed by atoms with Crippen LogP contribution in [0.2, 0.25) is 0 Å². The monoisotopic (exact) mass is 282 g/mol. The molecule has 0 radical (unpaired) electrons. The van der Waals surface area contributed by atoms with Crippen LogP contribution in [-0.2, 0) is 4.79 Å². The summed E-state index contributed by atoms with van der Waals surface area (Å²) in [4.78, 5) is 10.8. The Hall–Kier alpha value is -0.530. The summed E-state index contributed by atoms with van der Waals surface area (Å²) in [7, 11) is 0. The second-order valence-electron chi connectivity index (χ2n) is 6.65. The van der Waals surface area contributed by atoms with E-state index >= 15 is 0 Å². The molecule has 1 N–H and O–H groups in total. The van der Waals surface area contributed by atoms with Crippen LogP contribution in [0.3, 0.4) is 0 Å². The van der Waals surface area contributed by atoms with Crippen LogP contribution in [0.4, 0.5) is 0 Å². The summed E-state index contributed by atoms with van der Waals surface area (Å²) < 4.78 is 0. The number of carboxylic acids is 1. The molecule has 1 atom stereocenters. The molecule has 1 aliphatic carbocycles. The normalized spacial score (nSPS) is 17.4. The van der Waals surface area contributed by atoms with Crippen molar-refractivity contribution in [2.45, 2.75) is 96.8 Å². The molecule has 0 heterocycles. The second kappa shape index (κ2) is 11.2. The van der Waals surface area contributed by atoms with Gasteiger partial charge in [-0.15, -0.1) is 0 Å². The Bertz CT molecular complexity index is 244. The topological polar surface area (TPSA) is 37.3 Å². The fourth-order valence-electron chi connectivity index (χ4n) is 3.72. The minimum absolute atomic E-state index is 0.373. The summed E-state index contributed by atoms with van der Waals surface area (Å²) >= 11 is 0. The van der Waals surface area contributed by atoms with Crippen molar-refractivity contribution in [3.8, 4) is 0 Å². The first-order valence-corrected chi connectivity index (χ1v) is 8.95. The molecule has 20 heavy (non-hydrogen) atoms. The maximum atomic E-state index is 10.8. The van der Waals surface area contributed by atoms with Crippen LogP contribution in [0.25, 0.3) is 0 Å². The molecule has 0 amide bonds. The third-order valence-corrected chi connectivity index (χ3v) is 4.97. The number of unbranched alkanes of at least 4 members (excludes halogenated alkanes) is 6. The number of carboxylic acid groups (broad SMARTS) is 1. The van der Waals surface area contributed by atoms with E-state index in [9.17, 15) is 4.79 Å². The van der Waals surface area contributed by atoms with E-state index in [1.165, 1.54) is 77.0 Å². The number of carbonyl (C=O) groups is 1. The van der Waals surface area contributed by atoms with E-state index in [4.69, 9.17) is 5.11 Å². The second-order valence-corrected chi connectivity index (χ2v) is 6.65. The van der Waals surface area contributed by atoms with Crippen LogP contribution >= 0.6 is 0 Å². The maximum absolute atomic E-state index is 10.8. The highest BCUT2D eigenvalue weighted by molar-refractivity contribution is 5.66. The quantitative estimate of drug-likeness (QED) is 0.459. The van der Waals surface area contributed by atoms with Gasteiger partial charge in [-0.3, -0.25) is 4.79 Å². The molecule has 0 spiro atoms. The van der Waals surface area contributed by atoms with Crippen LogP contribution in [-0.4, -0.2) is 11.1 Å². The predicted octanol–water partition coefficient (Wildman–Crippen LogP) is 5.80.